The van der Waals surface area contributed by atoms with Crippen LogP contribution in [0.25, 0.3) is 6.08 Å². The van der Waals surface area contributed by atoms with Gasteiger partial charge >= 0.3 is 5.97 Å². The van der Waals surface area contributed by atoms with Gasteiger partial charge in [0.05, 0.1) is 13.0 Å². The summed E-state index contributed by atoms with van der Waals surface area (Å²) in [6.07, 6.45) is 3.60. The summed E-state index contributed by atoms with van der Waals surface area (Å²) in [6, 6.07) is 5.05. The molecule has 0 N–H and O–H groups in total. The zero-order valence-electron chi connectivity index (χ0n) is 9.83. The molecule has 0 radical (unpaired) electrons. The van der Waals surface area contributed by atoms with E-state index in [-0.39, 0.29) is 11.8 Å². The summed E-state index contributed by atoms with van der Waals surface area (Å²) < 4.78 is 18.4. The molecule has 0 bridgehead atoms. The standard InChI is InChI=1S/C14H15FO2/c1-2-17-14(16)9-10-6-7-12-11(8-10)4-3-5-13(12)15/h3-5,8H,2,6-7,9H2,1H3. The number of ether oxygens (including phenoxy) is 1. The number of hydrogen-bond acceptors (Lipinski definition) is 2. The summed E-state index contributed by atoms with van der Waals surface area (Å²) in [4.78, 5) is 11.4. The molecular formula is C14H15FO2. The number of esters is 1. The van der Waals surface area contributed by atoms with Crippen LogP contribution in [0, 0.1) is 5.82 Å². The van der Waals surface area contributed by atoms with Crippen molar-refractivity contribution in [2.75, 3.05) is 6.61 Å². The molecule has 0 saturated heterocycles. The highest BCUT2D eigenvalue weighted by atomic mass is 19.1. The van der Waals surface area contributed by atoms with Gasteiger partial charge in [-0.3, -0.25) is 4.79 Å². The van der Waals surface area contributed by atoms with Gasteiger partial charge in [0.1, 0.15) is 5.82 Å². The van der Waals surface area contributed by atoms with Crippen molar-refractivity contribution in [1.29, 1.82) is 0 Å². The molecule has 2 nitrogen and oxygen atoms in total. The number of rotatable bonds is 3. The predicted octanol–water partition coefficient (Wildman–Crippen LogP) is 3.11. The van der Waals surface area contributed by atoms with Gasteiger partial charge < -0.3 is 4.74 Å². The summed E-state index contributed by atoms with van der Waals surface area (Å²) in [5.41, 5.74) is 2.65. The zero-order valence-corrected chi connectivity index (χ0v) is 9.83. The molecule has 0 atom stereocenters. The quantitative estimate of drug-likeness (QED) is 0.751. The number of carbonyl (C=O) groups excluding carboxylic acids is 1. The fourth-order valence-corrected chi connectivity index (χ4v) is 2.09. The van der Waals surface area contributed by atoms with E-state index in [0.717, 1.165) is 23.1 Å². The van der Waals surface area contributed by atoms with Gasteiger partial charge in [0.25, 0.3) is 0 Å². The highest BCUT2D eigenvalue weighted by Crippen LogP contribution is 2.27. The average Bonchev–Trinajstić information content (AvgIpc) is 2.29. The van der Waals surface area contributed by atoms with Gasteiger partial charge in [-0.25, -0.2) is 4.39 Å². The first kappa shape index (κ1) is 11.8. The first-order chi connectivity index (χ1) is 8.20. The molecule has 17 heavy (non-hydrogen) atoms. The Hall–Kier alpha value is -1.64. The molecule has 0 aliphatic heterocycles. The molecular weight excluding hydrogens is 219 g/mol. The molecule has 1 aliphatic carbocycles. The molecule has 1 aromatic rings. The maximum absolute atomic E-state index is 13.5. The number of halogens is 1. The van der Waals surface area contributed by atoms with Crippen LogP contribution in [0.1, 0.15) is 30.9 Å². The number of fused-ring (bicyclic) bond motifs is 1. The van der Waals surface area contributed by atoms with Crippen molar-refractivity contribution >= 4 is 12.0 Å². The minimum atomic E-state index is -0.210. The fourth-order valence-electron chi connectivity index (χ4n) is 2.09. The highest BCUT2D eigenvalue weighted by molar-refractivity contribution is 5.75. The van der Waals surface area contributed by atoms with E-state index in [2.05, 4.69) is 0 Å². The van der Waals surface area contributed by atoms with E-state index in [1.165, 1.54) is 6.07 Å². The summed E-state index contributed by atoms with van der Waals surface area (Å²) in [7, 11) is 0. The lowest BCUT2D eigenvalue weighted by Crippen LogP contribution is -2.08. The molecule has 0 heterocycles. The van der Waals surface area contributed by atoms with Crippen molar-refractivity contribution in [2.45, 2.75) is 26.2 Å². The van der Waals surface area contributed by atoms with Crippen LogP contribution in [-0.2, 0) is 16.0 Å². The lowest BCUT2D eigenvalue weighted by Gasteiger charge is -2.16. The van der Waals surface area contributed by atoms with Gasteiger partial charge in [0, 0.05) is 0 Å². The predicted molar refractivity (Wildman–Crippen MR) is 63.9 cm³/mol. The lowest BCUT2D eigenvalue weighted by atomic mass is 9.90. The first-order valence-electron chi connectivity index (χ1n) is 5.83. The minimum Gasteiger partial charge on any atom is -0.466 e. The van der Waals surface area contributed by atoms with Crippen LogP contribution in [0.15, 0.2) is 23.8 Å². The van der Waals surface area contributed by atoms with Crippen molar-refractivity contribution < 1.29 is 13.9 Å². The molecule has 3 heteroatoms. The normalized spacial score (nSPS) is 13.9. The molecule has 1 aliphatic rings. The molecule has 0 amide bonds. The maximum Gasteiger partial charge on any atom is 0.309 e. The molecule has 1 aromatic carbocycles. The fraction of sp³-hybridized carbons (Fsp3) is 0.357. The van der Waals surface area contributed by atoms with E-state index in [1.54, 1.807) is 13.0 Å². The van der Waals surface area contributed by atoms with Crippen LogP contribution in [0.3, 0.4) is 0 Å². The molecule has 0 fully saturated rings. The van der Waals surface area contributed by atoms with Crippen LogP contribution in [0.5, 0.6) is 0 Å². The largest absolute Gasteiger partial charge is 0.466 e. The average molecular weight is 234 g/mol. The third-order valence-corrected chi connectivity index (χ3v) is 2.89. The third-order valence-electron chi connectivity index (χ3n) is 2.89. The number of carbonyl (C=O) groups is 1. The summed E-state index contributed by atoms with van der Waals surface area (Å²) in [5, 5.41) is 0. The second kappa shape index (κ2) is 5.13. The summed E-state index contributed by atoms with van der Waals surface area (Å²) >= 11 is 0. The SMILES string of the molecule is CCOC(=O)CC1=Cc2cccc(F)c2CC1. The van der Waals surface area contributed by atoms with E-state index >= 15 is 0 Å². The van der Waals surface area contributed by atoms with Crippen LogP contribution >= 0.6 is 0 Å². The zero-order chi connectivity index (χ0) is 12.3. The Labute approximate surface area is 100 Å². The van der Waals surface area contributed by atoms with E-state index < -0.39 is 0 Å². The Balaban J connectivity index is 2.15. The monoisotopic (exact) mass is 234 g/mol. The molecule has 0 spiro atoms. The smallest absolute Gasteiger partial charge is 0.309 e. The number of hydrogen-bond donors (Lipinski definition) is 0. The van der Waals surface area contributed by atoms with Gasteiger partial charge in [-0.2, -0.15) is 0 Å². The second-order valence-electron chi connectivity index (χ2n) is 4.09. The molecule has 0 saturated carbocycles. The van der Waals surface area contributed by atoms with E-state index in [1.807, 2.05) is 12.1 Å². The van der Waals surface area contributed by atoms with Crippen molar-refractivity contribution in [1.82, 2.24) is 0 Å². The van der Waals surface area contributed by atoms with Gasteiger partial charge in [-0.1, -0.05) is 23.8 Å². The van der Waals surface area contributed by atoms with Crippen LogP contribution in [0.4, 0.5) is 4.39 Å². The van der Waals surface area contributed by atoms with Crippen molar-refractivity contribution in [3.8, 4) is 0 Å². The molecule has 0 unspecified atom stereocenters. The molecule has 90 valence electrons. The number of benzene rings is 1. The lowest BCUT2D eigenvalue weighted by molar-refractivity contribution is -0.142. The minimum absolute atomic E-state index is 0.158. The Kier molecular flexibility index (Phi) is 3.57. The molecule has 0 aromatic heterocycles. The van der Waals surface area contributed by atoms with Crippen molar-refractivity contribution in [3.05, 3.63) is 40.7 Å². The van der Waals surface area contributed by atoms with Gasteiger partial charge in [0.2, 0.25) is 0 Å². The summed E-state index contributed by atoms with van der Waals surface area (Å²) in [6.45, 7) is 2.19. The second-order valence-corrected chi connectivity index (χ2v) is 4.09. The molecule has 2 rings (SSSR count). The Morgan fingerprint density at radius 1 is 1.41 bits per heavy atom. The third kappa shape index (κ3) is 2.73. The van der Waals surface area contributed by atoms with Crippen molar-refractivity contribution in [3.63, 3.8) is 0 Å². The first-order valence-corrected chi connectivity index (χ1v) is 5.83. The van der Waals surface area contributed by atoms with Crippen LogP contribution in [0.2, 0.25) is 0 Å². The van der Waals surface area contributed by atoms with Crippen LogP contribution in [-0.4, -0.2) is 12.6 Å². The van der Waals surface area contributed by atoms with E-state index in [9.17, 15) is 9.18 Å². The van der Waals surface area contributed by atoms with Crippen molar-refractivity contribution in [2.24, 2.45) is 0 Å². The van der Waals surface area contributed by atoms with E-state index in [0.29, 0.717) is 19.4 Å². The topological polar surface area (TPSA) is 26.3 Å². The van der Waals surface area contributed by atoms with Gasteiger partial charge in [-0.05, 0) is 37.0 Å². The Bertz CT molecular complexity index is 463. The highest BCUT2D eigenvalue weighted by Gasteiger charge is 2.16. The maximum atomic E-state index is 13.5. The summed E-state index contributed by atoms with van der Waals surface area (Å²) in [5.74, 6) is -0.368. The van der Waals surface area contributed by atoms with Gasteiger partial charge in [-0.15, -0.1) is 0 Å². The van der Waals surface area contributed by atoms with Crippen LogP contribution < -0.4 is 0 Å². The van der Waals surface area contributed by atoms with E-state index in [4.69, 9.17) is 4.74 Å². The Morgan fingerprint density at radius 2 is 2.24 bits per heavy atom. The Morgan fingerprint density at radius 3 is 3.00 bits per heavy atom. The van der Waals surface area contributed by atoms with Gasteiger partial charge in [0.15, 0.2) is 0 Å².